The van der Waals surface area contributed by atoms with Gasteiger partial charge in [0.15, 0.2) is 0 Å². The predicted octanol–water partition coefficient (Wildman–Crippen LogP) is 1.25. The lowest BCUT2D eigenvalue weighted by molar-refractivity contribution is 1.19. The van der Waals surface area contributed by atoms with Crippen molar-refractivity contribution in [1.29, 1.82) is 0 Å². The summed E-state index contributed by atoms with van der Waals surface area (Å²) < 4.78 is 0. The van der Waals surface area contributed by atoms with Crippen LogP contribution in [-0.2, 0) is 0 Å². The quantitative estimate of drug-likeness (QED) is 0.561. The topological polar surface area (TPSA) is 66.0 Å². The fourth-order valence-electron chi connectivity index (χ4n) is 0.938. The van der Waals surface area contributed by atoms with Crippen molar-refractivity contribution < 1.29 is 0 Å². The van der Waals surface area contributed by atoms with Gasteiger partial charge in [-0.1, -0.05) is 6.07 Å². The number of anilines is 1. The van der Waals surface area contributed by atoms with Crippen molar-refractivity contribution in [2.45, 2.75) is 0 Å². The number of aromatic nitrogens is 3. The first-order valence-corrected chi connectivity index (χ1v) is 4.14. The van der Waals surface area contributed by atoms with Crippen molar-refractivity contribution in [3.63, 3.8) is 0 Å². The molecule has 5 nitrogen and oxygen atoms in total. The minimum Gasteiger partial charge on any atom is -0.330 e. The third-order valence-electron chi connectivity index (χ3n) is 1.55. The van der Waals surface area contributed by atoms with E-state index in [9.17, 15) is 0 Å². The zero-order valence-corrected chi connectivity index (χ0v) is 7.38. The molecule has 0 unspecified atom stereocenters. The maximum Gasteiger partial charge on any atom is 0.220 e. The number of imidazole rings is 1. The molecule has 2 aromatic heterocycles. The zero-order valence-electron chi connectivity index (χ0n) is 7.38. The monoisotopic (exact) mass is 187 g/mol. The number of hydrogen-bond acceptors (Lipinski definition) is 4. The largest absolute Gasteiger partial charge is 0.330 e. The molecule has 0 atom stereocenters. The number of hydrogen-bond donors (Lipinski definition) is 2. The van der Waals surface area contributed by atoms with Crippen molar-refractivity contribution in [1.82, 2.24) is 15.0 Å². The summed E-state index contributed by atoms with van der Waals surface area (Å²) in [7, 11) is 0. The first-order valence-electron chi connectivity index (χ1n) is 4.14. The molecular formula is C9H9N5. The van der Waals surface area contributed by atoms with Crippen LogP contribution in [-0.4, -0.2) is 21.2 Å². The highest BCUT2D eigenvalue weighted by molar-refractivity contribution is 5.77. The van der Waals surface area contributed by atoms with Gasteiger partial charge in [-0.25, -0.2) is 10.4 Å². The molecule has 0 bridgehead atoms. The number of pyridine rings is 1. The van der Waals surface area contributed by atoms with Crippen LogP contribution in [0.3, 0.4) is 0 Å². The summed E-state index contributed by atoms with van der Waals surface area (Å²) in [4.78, 5) is 10.9. The van der Waals surface area contributed by atoms with E-state index in [1.54, 1.807) is 24.8 Å². The Morgan fingerprint density at radius 1 is 1.29 bits per heavy atom. The number of H-pyrrole nitrogens is 1. The number of aromatic amines is 1. The maximum absolute atomic E-state index is 4.08. The second-order valence-electron chi connectivity index (χ2n) is 2.56. The average Bonchev–Trinajstić information content (AvgIpc) is 2.72. The van der Waals surface area contributed by atoms with Crippen molar-refractivity contribution in [3.05, 3.63) is 42.5 Å². The normalized spacial score (nSPS) is 10.6. The van der Waals surface area contributed by atoms with Crippen LogP contribution in [0.5, 0.6) is 0 Å². The van der Waals surface area contributed by atoms with Crippen LogP contribution in [0.2, 0.25) is 0 Å². The molecule has 70 valence electrons. The fraction of sp³-hybridized carbons (Fsp3) is 0. The van der Waals surface area contributed by atoms with Gasteiger partial charge >= 0.3 is 0 Å². The Morgan fingerprint density at radius 2 is 2.29 bits per heavy atom. The summed E-state index contributed by atoms with van der Waals surface area (Å²) in [5.74, 6) is 0.609. The summed E-state index contributed by atoms with van der Waals surface area (Å²) in [5, 5.41) is 3.95. The van der Waals surface area contributed by atoms with E-state index in [0.29, 0.717) is 5.95 Å². The van der Waals surface area contributed by atoms with Gasteiger partial charge in [0.05, 0.1) is 11.9 Å². The van der Waals surface area contributed by atoms with Crippen LogP contribution < -0.4 is 5.43 Å². The van der Waals surface area contributed by atoms with Crippen molar-refractivity contribution in [3.8, 4) is 0 Å². The van der Waals surface area contributed by atoms with Gasteiger partial charge in [0.1, 0.15) is 0 Å². The first-order chi connectivity index (χ1) is 6.95. The molecule has 0 fully saturated rings. The van der Waals surface area contributed by atoms with E-state index in [0.717, 1.165) is 5.69 Å². The van der Waals surface area contributed by atoms with Gasteiger partial charge in [-0.2, -0.15) is 5.10 Å². The highest BCUT2D eigenvalue weighted by Gasteiger charge is 1.88. The molecule has 2 heterocycles. The van der Waals surface area contributed by atoms with Gasteiger partial charge < -0.3 is 4.98 Å². The predicted molar refractivity (Wildman–Crippen MR) is 54.0 cm³/mol. The van der Waals surface area contributed by atoms with E-state index >= 15 is 0 Å². The lowest BCUT2D eigenvalue weighted by Crippen LogP contribution is -1.93. The van der Waals surface area contributed by atoms with Crippen LogP contribution in [0.25, 0.3) is 0 Å². The second-order valence-corrected chi connectivity index (χ2v) is 2.56. The van der Waals surface area contributed by atoms with Gasteiger partial charge in [0.25, 0.3) is 0 Å². The molecule has 0 radical (unpaired) electrons. The van der Waals surface area contributed by atoms with Crippen LogP contribution in [0.15, 0.2) is 41.9 Å². The zero-order chi connectivity index (χ0) is 9.64. The van der Waals surface area contributed by atoms with Gasteiger partial charge in [-0.05, 0) is 12.1 Å². The summed E-state index contributed by atoms with van der Waals surface area (Å²) in [6.07, 6.45) is 6.72. The first kappa shape index (κ1) is 8.43. The number of nitrogens with zero attached hydrogens (tertiary/aromatic N) is 3. The molecule has 5 heteroatoms. The van der Waals surface area contributed by atoms with E-state index in [4.69, 9.17) is 0 Å². The third-order valence-corrected chi connectivity index (χ3v) is 1.55. The Hall–Kier alpha value is -2.17. The van der Waals surface area contributed by atoms with Crippen molar-refractivity contribution in [2.24, 2.45) is 5.10 Å². The molecule has 0 aliphatic carbocycles. The fourth-order valence-corrected chi connectivity index (χ4v) is 0.938. The lowest BCUT2D eigenvalue weighted by Gasteiger charge is -1.92. The smallest absolute Gasteiger partial charge is 0.220 e. The molecule has 0 aromatic carbocycles. The standard InChI is InChI=1S/C9H9N5/c1-2-4-10-8(3-1)7-13-14-9-11-5-6-12-9/h1-7H,(H2,11,12,14). The van der Waals surface area contributed by atoms with E-state index in [1.165, 1.54) is 0 Å². The van der Waals surface area contributed by atoms with E-state index in [-0.39, 0.29) is 0 Å². The van der Waals surface area contributed by atoms with Gasteiger partial charge in [0.2, 0.25) is 5.95 Å². The Morgan fingerprint density at radius 3 is 3.00 bits per heavy atom. The number of hydrazone groups is 1. The summed E-state index contributed by atoms with van der Waals surface area (Å²) in [6.45, 7) is 0. The summed E-state index contributed by atoms with van der Waals surface area (Å²) >= 11 is 0. The van der Waals surface area contributed by atoms with E-state index in [2.05, 4.69) is 25.5 Å². The second kappa shape index (κ2) is 4.18. The van der Waals surface area contributed by atoms with E-state index in [1.807, 2.05) is 18.2 Å². The minimum absolute atomic E-state index is 0.609. The van der Waals surface area contributed by atoms with E-state index < -0.39 is 0 Å². The summed E-state index contributed by atoms with van der Waals surface area (Å²) in [6, 6.07) is 5.63. The average molecular weight is 187 g/mol. The molecule has 2 rings (SSSR count). The molecule has 0 amide bonds. The number of rotatable bonds is 3. The molecule has 14 heavy (non-hydrogen) atoms. The SMILES string of the molecule is C(=NNc1ncc[nH]1)c1ccccn1. The maximum atomic E-state index is 4.08. The van der Waals surface area contributed by atoms with Crippen molar-refractivity contribution >= 4 is 12.2 Å². The third kappa shape index (κ3) is 2.16. The van der Waals surface area contributed by atoms with Crippen LogP contribution in [0, 0.1) is 0 Å². The lowest BCUT2D eigenvalue weighted by atomic mass is 10.4. The van der Waals surface area contributed by atoms with Gasteiger partial charge in [-0.3, -0.25) is 4.98 Å². The molecule has 2 N–H and O–H groups in total. The highest BCUT2D eigenvalue weighted by atomic mass is 15.3. The number of nitrogens with one attached hydrogen (secondary N) is 2. The molecule has 0 saturated carbocycles. The summed E-state index contributed by atoms with van der Waals surface area (Å²) in [5.41, 5.74) is 3.53. The molecular weight excluding hydrogens is 178 g/mol. The van der Waals surface area contributed by atoms with Crippen molar-refractivity contribution in [2.75, 3.05) is 5.43 Å². The molecule has 2 aromatic rings. The Bertz CT molecular complexity index is 392. The van der Waals surface area contributed by atoms with Crippen LogP contribution >= 0.6 is 0 Å². The van der Waals surface area contributed by atoms with Gasteiger partial charge in [-0.15, -0.1) is 0 Å². The highest BCUT2D eigenvalue weighted by Crippen LogP contribution is 1.94. The van der Waals surface area contributed by atoms with Crippen LogP contribution in [0.4, 0.5) is 5.95 Å². The molecule has 0 aliphatic rings. The van der Waals surface area contributed by atoms with Crippen LogP contribution in [0.1, 0.15) is 5.69 Å². The Labute approximate surface area is 80.9 Å². The Kier molecular flexibility index (Phi) is 2.51. The van der Waals surface area contributed by atoms with Gasteiger partial charge in [0, 0.05) is 18.6 Å². The minimum atomic E-state index is 0.609. The molecule has 0 aliphatic heterocycles. The Balaban J connectivity index is 1.96. The molecule has 0 saturated heterocycles. The molecule has 0 spiro atoms.